The summed E-state index contributed by atoms with van der Waals surface area (Å²) in [6, 6.07) is 17.9. The number of carbonyl (C=O) groups is 1. The number of piperidine rings is 1. The molecule has 2 aromatic carbocycles. The van der Waals surface area contributed by atoms with Gasteiger partial charge in [0.1, 0.15) is 0 Å². The third-order valence-corrected chi connectivity index (χ3v) is 5.51. The van der Waals surface area contributed by atoms with Crippen LogP contribution in [0.4, 0.5) is 4.79 Å². The van der Waals surface area contributed by atoms with Crippen molar-refractivity contribution in [2.24, 2.45) is 5.10 Å². The third-order valence-electron chi connectivity index (χ3n) is 5.51. The zero-order valence-electron chi connectivity index (χ0n) is 17.7. The standard InChI is InChI=1S/C27H27N3O/c1-4-11-22-15-17-25(18-16-22)24(5-2)21-30(28-3)27(31)29-19-10-9-14-26(29)20-23-12-7-6-8-13-23/h1-2,6-8,12-13,15-18,21,26H,3,9-11,14,19-20H2/b24-21+. The largest absolute Gasteiger partial charge is 0.344 e. The van der Waals surface area contributed by atoms with Gasteiger partial charge >= 0.3 is 6.03 Å². The molecule has 156 valence electrons. The summed E-state index contributed by atoms with van der Waals surface area (Å²) in [5.74, 6) is 5.29. The van der Waals surface area contributed by atoms with Crippen LogP contribution >= 0.6 is 0 Å². The first-order valence-corrected chi connectivity index (χ1v) is 10.5. The van der Waals surface area contributed by atoms with Gasteiger partial charge < -0.3 is 4.90 Å². The lowest BCUT2D eigenvalue weighted by atomic mass is 9.96. The highest BCUT2D eigenvalue weighted by Gasteiger charge is 2.29. The molecule has 2 amide bonds. The summed E-state index contributed by atoms with van der Waals surface area (Å²) in [6.07, 6.45) is 17.1. The van der Waals surface area contributed by atoms with Crippen LogP contribution in [0.5, 0.6) is 0 Å². The van der Waals surface area contributed by atoms with Crippen molar-refractivity contribution in [3.63, 3.8) is 0 Å². The molecule has 1 atom stereocenters. The fraction of sp³-hybridized carbons (Fsp3) is 0.259. The molecular weight excluding hydrogens is 382 g/mol. The van der Waals surface area contributed by atoms with E-state index in [1.807, 2.05) is 47.4 Å². The molecule has 4 heteroatoms. The lowest BCUT2D eigenvalue weighted by Crippen LogP contribution is -2.48. The quantitative estimate of drug-likeness (QED) is 0.377. The fourth-order valence-electron chi connectivity index (χ4n) is 3.88. The van der Waals surface area contributed by atoms with Crippen LogP contribution in [0, 0.1) is 24.7 Å². The first kappa shape index (κ1) is 21.9. The first-order chi connectivity index (χ1) is 15.2. The van der Waals surface area contributed by atoms with Gasteiger partial charge in [-0.3, -0.25) is 0 Å². The highest BCUT2D eigenvalue weighted by molar-refractivity contribution is 5.83. The van der Waals surface area contributed by atoms with Crippen molar-refractivity contribution in [2.45, 2.75) is 38.1 Å². The van der Waals surface area contributed by atoms with E-state index >= 15 is 0 Å². The van der Waals surface area contributed by atoms with E-state index in [4.69, 9.17) is 12.8 Å². The van der Waals surface area contributed by atoms with Crippen LogP contribution in [0.3, 0.4) is 0 Å². The molecule has 0 bridgehead atoms. The van der Waals surface area contributed by atoms with Crippen LogP contribution in [0.15, 0.2) is 65.9 Å². The number of rotatable bonds is 6. The number of urea groups is 1. The number of hydrogen-bond donors (Lipinski definition) is 0. The summed E-state index contributed by atoms with van der Waals surface area (Å²) < 4.78 is 0. The van der Waals surface area contributed by atoms with Crippen LogP contribution < -0.4 is 0 Å². The number of nitrogens with zero attached hydrogens (tertiary/aromatic N) is 3. The lowest BCUT2D eigenvalue weighted by Gasteiger charge is -2.37. The van der Waals surface area contributed by atoms with Crippen LogP contribution in [0.2, 0.25) is 0 Å². The predicted molar refractivity (Wildman–Crippen MR) is 127 cm³/mol. The minimum absolute atomic E-state index is 0.124. The molecule has 1 heterocycles. The Balaban J connectivity index is 1.80. The molecule has 0 aromatic heterocycles. The minimum atomic E-state index is -0.202. The number of benzene rings is 2. The predicted octanol–water partition coefficient (Wildman–Crippen LogP) is 4.97. The van der Waals surface area contributed by atoms with E-state index < -0.39 is 0 Å². The number of hydrogen-bond acceptors (Lipinski definition) is 2. The van der Waals surface area contributed by atoms with Gasteiger partial charge in [0.05, 0.1) is 11.8 Å². The number of carbonyl (C=O) groups excluding carboxylic acids is 1. The molecule has 31 heavy (non-hydrogen) atoms. The van der Waals surface area contributed by atoms with Crippen molar-refractivity contribution in [3.8, 4) is 24.7 Å². The maximum absolute atomic E-state index is 13.3. The number of amides is 2. The second-order valence-electron chi connectivity index (χ2n) is 7.57. The highest BCUT2D eigenvalue weighted by atomic mass is 16.2. The molecule has 1 saturated heterocycles. The lowest BCUT2D eigenvalue weighted by molar-refractivity contribution is 0.128. The van der Waals surface area contributed by atoms with Crippen molar-refractivity contribution in [1.82, 2.24) is 9.91 Å². The van der Waals surface area contributed by atoms with Crippen molar-refractivity contribution in [3.05, 3.63) is 77.5 Å². The van der Waals surface area contributed by atoms with Crippen molar-refractivity contribution in [2.75, 3.05) is 6.54 Å². The van der Waals surface area contributed by atoms with Crippen LogP contribution in [0.25, 0.3) is 5.57 Å². The summed E-state index contributed by atoms with van der Waals surface area (Å²) >= 11 is 0. The molecule has 1 aliphatic rings. The molecule has 1 fully saturated rings. The van der Waals surface area contributed by atoms with E-state index in [9.17, 15) is 4.79 Å². The van der Waals surface area contributed by atoms with E-state index in [1.54, 1.807) is 6.20 Å². The van der Waals surface area contributed by atoms with Gasteiger partial charge in [0.25, 0.3) is 0 Å². The van der Waals surface area contributed by atoms with Gasteiger partial charge in [0.15, 0.2) is 0 Å². The van der Waals surface area contributed by atoms with Gasteiger partial charge in [-0.2, -0.15) is 10.1 Å². The summed E-state index contributed by atoms with van der Waals surface area (Å²) in [7, 11) is 0. The molecule has 3 rings (SSSR count). The second kappa shape index (κ2) is 10.9. The van der Waals surface area contributed by atoms with Gasteiger partial charge in [-0.25, -0.2) is 4.79 Å². The molecule has 2 aromatic rings. The Morgan fingerprint density at radius 1 is 1.13 bits per heavy atom. The van der Waals surface area contributed by atoms with E-state index in [2.05, 4.69) is 35.8 Å². The molecule has 0 spiro atoms. The highest BCUT2D eigenvalue weighted by Crippen LogP contribution is 2.24. The summed E-state index contributed by atoms with van der Waals surface area (Å²) in [5, 5.41) is 5.22. The van der Waals surface area contributed by atoms with E-state index in [0.717, 1.165) is 36.8 Å². The monoisotopic (exact) mass is 409 g/mol. The fourth-order valence-corrected chi connectivity index (χ4v) is 3.88. The van der Waals surface area contributed by atoms with E-state index in [-0.39, 0.29) is 12.1 Å². The Hall–Kier alpha value is -3.76. The first-order valence-electron chi connectivity index (χ1n) is 10.5. The normalized spacial score (nSPS) is 16.1. The Morgan fingerprint density at radius 2 is 1.87 bits per heavy atom. The van der Waals surface area contributed by atoms with Crippen LogP contribution in [0.1, 0.15) is 36.0 Å². The maximum atomic E-state index is 13.3. The SMILES string of the molecule is C#CCc1ccc(/C(C#C)=C/N(N=C)C(=O)N2CCCCC2Cc2ccccc2)cc1. The van der Waals surface area contributed by atoms with Gasteiger partial charge in [0.2, 0.25) is 0 Å². The number of allylic oxidation sites excluding steroid dienone is 1. The molecule has 1 aliphatic heterocycles. The number of hydrazone groups is 1. The van der Waals surface area contributed by atoms with Crippen LogP contribution in [-0.4, -0.2) is 35.2 Å². The summed E-state index contributed by atoms with van der Waals surface area (Å²) in [6.45, 7) is 4.30. The van der Waals surface area contributed by atoms with Crippen molar-refractivity contribution in [1.29, 1.82) is 0 Å². The van der Waals surface area contributed by atoms with E-state index in [1.165, 1.54) is 10.6 Å². The molecule has 1 unspecified atom stereocenters. The zero-order chi connectivity index (χ0) is 22.1. The van der Waals surface area contributed by atoms with Crippen LogP contribution in [-0.2, 0) is 12.8 Å². The average molecular weight is 410 g/mol. The minimum Gasteiger partial charge on any atom is -0.320 e. The smallest absolute Gasteiger partial charge is 0.320 e. The molecule has 0 aliphatic carbocycles. The van der Waals surface area contributed by atoms with Gasteiger partial charge in [-0.05, 0) is 42.4 Å². The Morgan fingerprint density at radius 3 is 2.52 bits per heavy atom. The van der Waals surface area contributed by atoms with Crippen molar-refractivity contribution < 1.29 is 4.79 Å². The number of terminal acetylenes is 2. The molecular formula is C27H27N3O. The molecule has 0 radical (unpaired) electrons. The second-order valence-corrected chi connectivity index (χ2v) is 7.57. The van der Waals surface area contributed by atoms with Gasteiger partial charge in [-0.15, -0.1) is 18.8 Å². The number of likely N-dealkylation sites (tertiary alicyclic amines) is 1. The average Bonchev–Trinajstić information content (AvgIpc) is 2.81. The topological polar surface area (TPSA) is 35.9 Å². The van der Waals surface area contributed by atoms with E-state index in [0.29, 0.717) is 18.5 Å². The summed E-state index contributed by atoms with van der Waals surface area (Å²) in [4.78, 5) is 15.2. The molecule has 0 saturated carbocycles. The van der Waals surface area contributed by atoms with Crippen molar-refractivity contribution >= 4 is 18.3 Å². The summed E-state index contributed by atoms with van der Waals surface area (Å²) in [5.41, 5.74) is 3.64. The maximum Gasteiger partial charge on any atom is 0.344 e. The molecule has 4 nitrogen and oxygen atoms in total. The van der Waals surface area contributed by atoms with Gasteiger partial charge in [0, 0.05) is 25.7 Å². The Kier molecular flexibility index (Phi) is 7.68. The van der Waals surface area contributed by atoms with Gasteiger partial charge in [-0.1, -0.05) is 60.5 Å². The molecule has 0 N–H and O–H groups in total. The zero-order valence-corrected chi connectivity index (χ0v) is 17.7. The Labute approximate surface area is 185 Å². The Bertz CT molecular complexity index is 1010. The third kappa shape index (κ3) is 5.65.